The minimum Gasteiger partial charge on any atom is -0.381 e. The van der Waals surface area contributed by atoms with Gasteiger partial charge in [0.2, 0.25) is 0 Å². The first-order valence-corrected chi connectivity index (χ1v) is 12.8. The maximum absolute atomic E-state index is 6.91. The minimum atomic E-state index is 0.269. The molecule has 2 fully saturated rings. The molecule has 4 heterocycles. The number of anilines is 1. The molecular weight excluding hydrogens is 456 g/mol. The molecule has 7 nitrogen and oxygen atoms in total. The lowest BCUT2D eigenvalue weighted by Gasteiger charge is -2.34. The van der Waals surface area contributed by atoms with Crippen molar-refractivity contribution in [3.05, 3.63) is 34.6 Å². The molecule has 1 aromatic carbocycles. The quantitative estimate of drug-likeness (QED) is 0.420. The van der Waals surface area contributed by atoms with Crippen LogP contribution in [0.2, 0.25) is 5.02 Å². The van der Waals surface area contributed by atoms with Crippen molar-refractivity contribution in [2.45, 2.75) is 50.1 Å². The molecule has 0 amide bonds. The zero-order valence-corrected chi connectivity index (χ0v) is 20.1. The number of thiazole rings is 1. The molecule has 1 saturated carbocycles. The lowest BCUT2D eigenvalue weighted by Crippen LogP contribution is -2.41. The van der Waals surface area contributed by atoms with E-state index in [4.69, 9.17) is 37.0 Å². The van der Waals surface area contributed by atoms with Gasteiger partial charge in [-0.05, 0) is 38.2 Å². The Bertz CT molecular complexity index is 1310. The molecule has 1 aliphatic heterocycles. The van der Waals surface area contributed by atoms with Gasteiger partial charge in [0.1, 0.15) is 11.3 Å². The van der Waals surface area contributed by atoms with E-state index in [0.29, 0.717) is 12.0 Å². The Morgan fingerprint density at radius 3 is 2.94 bits per heavy atom. The van der Waals surface area contributed by atoms with Crippen LogP contribution >= 0.6 is 22.9 Å². The van der Waals surface area contributed by atoms with E-state index in [1.54, 1.807) is 11.3 Å². The van der Waals surface area contributed by atoms with Crippen molar-refractivity contribution in [1.29, 1.82) is 0 Å². The van der Waals surface area contributed by atoms with Crippen molar-refractivity contribution < 1.29 is 4.74 Å². The summed E-state index contributed by atoms with van der Waals surface area (Å²) in [7, 11) is 2.09. The average molecular weight is 483 g/mol. The number of hydrogen-bond acceptors (Lipinski definition) is 7. The van der Waals surface area contributed by atoms with E-state index in [9.17, 15) is 0 Å². The van der Waals surface area contributed by atoms with E-state index in [1.807, 2.05) is 24.5 Å². The van der Waals surface area contributed by atoms with Crippen LogP contribution in [-0.4, -0.2) is 52.3 Å². The van der Waals surface area contributed by atoms with Gasteiger partial charge in [-0.15, -0.1) is 11.3 Å². The number of hydrogen-bond donors (Lipinski definition) is 2. The van der Waals surface area contributed by atoms with Crippen molar-refractivity contribution in [3.8, 4) is 11.1 Å². The molecule has 1 aliphatic carbocycles. The molecule has 3 aromatic heterocycles. The molecule has 0 spiro atoms. The molecule has 4 aromatic rings. The van der Waals surface area contributed by atoms with Crippen LogP contribution in [0.5, 0.6) is 0 Å². The van der Waals surface area contributed by atoms with Gasteiger partial charge in [-0.2, -0.15) is 0 Å². The van der Waals surface area contributed by atoms with E-state index in [2.05, 4.69) is 16.9 Å². The predicted octanol–water partition coefficient (Wildman–Crippen LogP) is 5.10. The maximum Gasteiger partial charge on any atom is 0.159 e. The smallest absolute Gasteiger partial charge is 0.159 e. The Balaban J connectivity index is 1.34. The number of nitrogens with zero attached hydrogens (tertiary/aromatic N) is 4. The third-order valence-corrected chi connectivity index (χ3v) is 8.80. The molecule has 1 unspecified atom stereocenters. The highest BCUT2D eigenvalue weighted by Crippen LogP contribution is 2.41. The summed E-state index contributed by atoms with van der Waals surface area (Å²) in [6.07, 6.45) is 9.22. The normalized spacial score (nSPS) is 23.5. The second kappa shape index (κ2) is 8.51. The summed E-state index contributed by atoms with van der Waals surface area (Å²) in [5, 5.41) is 1.82. The van der Waals surface area contributed by atoms with Crippen LogP contribution in [0.25, 0.3) is 32.5 Å². The number of H-pyrrole nitrogens is 1. The van der Waals surface area contributed by atoms with Crippen LogP contribution in [0.3, 0.4) is 0 Å². The minimum absolute atomic E-state index is 0.269. The Hall–Kier alpha value is -2.26. The number of nitrogens with one attached hydrogen (secondary N) is 1. The standard InChI is InChI=1S/C24H27ClN6OS/c1-31(15-4-2-3-14(26)9-15)19-11-27-21-17(10-28-23(21)30-19)16-5-6-18-22(20(16)25)33-24(29-18)13-7-8-32-12-13/h5-6,10-11,13-15H,2-4,7-9,12,26H2,1H3,(H,28,30)/t13?,14-,15-/m1/s1. The summed E-state index contributed by atoms with van der Waals surface area (Å²) in [6, 6.07) is 4.75. The zero-order chi connectivity index (χ0) is 22.5. The number of aromatic amines is 1. The van der Waals surface area contributed by atoms with E-state index in [-0.39, 0.29) is 6.04 Å². The third-order valence-electron chi connectivity index (χ3n) is 7.05. The van der Waals surface area contributed by atoms with E-state index < -0.39 is 0 Å². The first-order valence-electron chi connectivity index (χ1n) is 11.6. The highest BCUT2D eigenvalue weighted by molar-refractivity contribution is 7.19. The number of rotatable bonds is 4. The van der Waals surface area contributed by atoms with Crippen molar-refractivity contribution in [2.24, 2.45) is 5.73 Å². The molecule has 3 atom stereocenters. The van der Waals surface area contributed by atoms with Gasteiger partial charge < -0.3 is 20.4 Å². The van der Waals surface area contributed by atoms with Crippen molar-refractivity contribution in [1.82, 2.24) is 19.9 Å². The number of halogens is 1. The fourth-order valence-corrected chi connectivity index (χ4v) is 6.59. The van der Waals surface area contributed by atoms with Gasteiger partial charge in [0.05, 0.1) is 33.1 Å². The first-order chi connectivity index (χ1) is 16.1. The zero-order valence-electron chi connectivity index (χ0n) is 18.6. The van der Waals surface area contributed by atoms with Crippen molar-refractivity contribution in [2.75, 3.05) is 25.2 Å². The number of aromatic nitrogens is 4. The van der Waals surface area contributed by atoms with Gasteiger partial charge in [0.25, 0.3) is 0 Å². The van der Waals surface area contributed by atoms with Gasteiger partial charge in [-0.1, -0.05) is 17.7 Å². The van der Waals surface area contributed by atoms with Crippen LogP contribution < -0.4 is 10.6 Å². The highest BCUT2D eigenvalue weighted by atomic mass is 35.5. The Morgan fingerprint density at radius 2 is 2.12 bits per heavy atom. The van der Waals surface area contributed by atoms with E-state index in [0.717, 1.165) is 93.7 Å². The Kier molecular flexibility index (Phi) is 5.49. The summed E-state index contributed by atoms with van der Waals surface area (Å²) in [6.45, 7) is 1.55. The van der Waals surface area contributed by atoms with Crippen LogP contribution in [0.1, 0.15) is 43.0 Å². The van der Waals surface area contributed by atoms with Crippen molar-refractivity contribution >= 4 is 50.1 Å². The van der Waals surface area contributed by atoms with Gasteiger partial charge >= 0.3 is 0 Å². The van der Waals surface area contributed by atoms with Crippen LogP contribution in [0, 0.1) is 0 Å². The second-order valence-corrected chi connectivity index (χ2v) is 10.6. The second-order valence-electron chi connectivity index (χ2n) is 9.21. The molecule has 33 heavy (non-hydrogen) atoms. The molecule has 2 aliphatic rings. The van der Waals surface area contributed by atoms with Gasteiger partial charge in [-0.25, -0.2) is 15.0 Å². The summed E-state index contributed by atoms with van der Waals surface area (Å²) < 4.78 is 6.56. The molecule has 1 saturated heterocycles. The summed E-state index contributed by atoms with van der Waals surface area (Å²) in [5.41, 5.74) is 10.6. The molecule has 0 bridgehead atoms. The largest absolute Gasteiger partial charge is 0.381 e. The predicted molar refractivity (Wildman–Crippen MR) is 134 cm³/mol. The number of fused-ring (bicyclic) bond motifs is 2. The monoisotopic (exact) mass is 482 g/mol. The molecule has 9 heteroatoms. The van der Waals surface area contributed by atoms with Crippen LogP contribution in [0.15, 0.2) is 24.5 Å². The maximum atomic E-state index is 6.91. The molecular formula is C24H27ClN6OS. The first kappa shape index (κ1) is 21.3. The Labute approximate surface area is 201 Å². The molecule has 3 N–H and O–H groups in total. The lowest BCUT2D eigenvalue weighted by atomic mass is 9.91. The summed E-state index contributed by atoms with van der Waals surface area (Å²) in [4.78, 5) is 20.0. The fourth-order valence-electron chi connectivity index (χ4n) is 5.09. The fraction of sp³-hybridized carbons (Fsp3) is 0.458. The van der Waals surface area contributed by atoms with Crippen LogP contribution in [-0.2, 0) is 4.74 Å². The molecule has 6 rings (SSSR count). The number of nitrogens with two attached hydrogens (primary N) is 1. The van der Waals surface area contributed by atoms with Gasteiger partial charge in [0.15, 0.2) is 5.65 Å². The summed E-state index contributed by atoms with van der Waals surface area (Å²) >= 11 is 8.58. The lowest BCUT2D eigenvalue weighted by molar-refractivity contribution is 0.194. The van der Waals surface area contributed by atoms with Gasteiger partial charge in [0, 0.05) is 49.0 Å². The van der Waals surface area contributed by atoms with Gasteiger partial charge in [-0.3, -0.25) is 0 Å². The van der Waals surface area contributed by atoms with E-state index in [1.165, 1.54) is 0 Å². The third kappa shape index (κ3) is 3.79. The Morgan fingerprint density at radius 1 is 1.21 bits per heavy atom. The highest BCUT2D eigenvalue weighted by Gasteiger charge is 2.25. The molecule has 172 valence electrons. The summed E-state index contributed by atoms with van der Waals surface area (Å²) in [5.74, 6) is 1.23. The SMILES string of the molecule is CN(c1cnc2c(-c3ccc4nc(C5CCOC5)sc4c3Cl)c[nH]c2n1)[C@@H]1CCC[C@@H](N)C1. The number of benzene rings is 1. The molecule has 0 radical (unpaired) electrons. The topological polar surface area (TPSA) is 93.0 Å². The average Bonchev–Trinajstić information content (AvgIpc) is 3.58. The number of ether oxygens (including phenoxy) is 1. The van der Waals surface area contributed by atoms with Crippen molar-refractivity contribution in [3.63, 3.8) is 0 Å². The van der Waals surface area contributed by atoms with Crippen LogP contribution in [0.4, 0.5) is 5.82 Å². The van der Waals surface area contributed by atoms with E-state index >= 15 is 0 Å².